The highest BCUT2D eigenvalue weighted by Gasteiger charge is 2.16. The van der Waals surface area contributed by atoms with Crippen LogP contribution < -0.4 is 5.69 Å². The quantitative estimate of drug-likeness (QED) is 0.759. The van der Waals surface area contributed by atoms with Crippen molar-refractivity contribution in [3.05, 3.63) is 22.9 Å². The minimum absolute atomic E-state index is 0.0734. The third kappa shape index (κ3) is 2.21. The molecule has 0 aliphatic heterocycles. The van der Waals surface area contributed by atoms with Crippen molar-refractivity contribution in [3.63, 3.8) is 0 Å². The molecule has 1 aromatic rings. The number of aromatic nitrogens is 2. The highest BCUT2D eigenvalue weighted by molar-refractivity contribution is 4.82. The van der Waals surface area contributed by atoms with E-state index in [1.807, 2.05) is 0 Å². The summed E-state index contributed by atoms with van der Waals surface area (Å²) in [6, 6.07) is 0.115. The summed E-state index contributed by atoms with van der Waals surface area (Å²) in [4.78, 5) is 13.9. The number of H-pyrrole nitrogens is 1. The van der Waals surface area contributed by atoms with Gasteiger partial charge in [-0.2, -0.15) is 0 Å². The van der Waals surface area contributed by atoms with E-state index in [0.29, 0.717) is 12.5 Å². The summed E-state index contributed by atoms with van der Waals surface area (Å²) in [6.07, 6.45) is 3.40. The zero-order valence-electron chi connectivity index (χ0n) is 8.28. The molecule has 1 aromatic heterocycles. The number of hydrogen-bond acceptors (Lipinski definition) is 2. The Kier molecular flexibility index (Phi) is 3.31. The first-order valence-electron chi connectivity index (χ1n) is 4.41. The molecule has 1 rings (SSSR count). The van der Waals surface area contributed by atoms with Crippen LogP contribution in [0, 0.1) is 5.92 Å². The van der Waals surface area contributed by atoms with Gasteiger partial charge in [-0.1, -0.05) is 13.8 Å². The SMILES string of the molecule is COCC(C(C)C)n1cc[nH]c1=O. The van der Waals surface area contributed by atoms with E-state index >= 15 is 0 Å². The Morgan fingerprint density at radius 2 is 2.31 bits per heavy atom. The molecule has 74 valence electrons. The van der Waals surface area contributed by atoms with Crippen molar-refractivity contribution < 1.29 is 4.74 Å². The molecule has 1 atom stereocenters. The lowest BCUT2D eigenvalue weighted by Crippen LogP contribution is -2.28. The van der Waals surface area contributed by atoms with Crippen molar-refractivity contribution in [2.24, 2.45) is 5.92 Å². The summed E-state index contributed by atoms with van der Waals surface area (Å²) < 4.78 is 6.75. The molecule has 0 bridgehead atoms. The Balaban J connectivity index is 2.88. The first kappa shape index (κ1) is 10.1. The van der Waals surface area contributed by atoms with E-state index in [9.17, 15) is 4.79 Å². The van der Waals surface area contributed by atoms with E-state index in [1.54, 1.807) is 24.1 Å². The van der Waals surface area contributed by atoms with Gasteiger partial charge in [0.25, 0.3) is 0 Å². The first-order chi connectivity index (χ1) is 6.16. The molecule has 4 heteroatoms. The highest BCUT2D eigenvalue weighted by atomic mass is 16.5. The van der Waals surface area contributed by atoms with Crippen LogP contribution >= 0.6 is 0 Å². The maximum Gasteiger partial charge on any atom is 0.325 e. The smallest absolute Gasteiger partial charge is 0.325 e. The molecular formula is C9H16N2O2. The number of imidazole rings is 1. The lowest BCUT2D eigenvalue weighted by atomic mass is 10.1. The molecular weight excluding hydrogens is 168 g/mol. The lowest BCUT2D eigenvalue weighted by Gasteiger charge is -2.20. The van der Waals surface area contributed by atoms with Gasteiger partial charge in [0, 0.05) is 19.5 Å². The minimum atomic E-state index is -0.0734. The van der Waals surface area contributed by atoms with Gasteiger partial charge in [0.2, 0.25) is 0 Å². The third-order valence-corrected chi connectivity index (χ3v) is 2.14. The molecule has 0 spiro atoms. The molecule has 0 fully saturated rings. The van der Waals surface area contributed by atoms with Gasteiger partial charge in [-0.05, 0) is 5.92 Å². The van der Waals surface area contributed by atoms with Gasteiger partial charge in [0.1, 0.15) is 0 Å². The topological polar surface area (TPSA) is 47.0 Å². The fourth-order valence-electron chi connectivity index (χ4n) is 1.36. The molecule has 13 heavy (non-hydrogen) atoms. The van der Waals surface area contributed by atoms with Crippen molar-refractivity contribution in [1.29, 1.82) is 0 Å². The normalized spacial score (nSPS) is 13.5. The van der Waals surface area contributed by atoms with E-state index in [-0.39, 0.29) is 11.7 Å². The van der Waals surface area contributed by atoms with Crippen molar-refractivity contribution >= 4 is 0 Å². The number of nitrogens with one attached hydrogen (secondary N) is 1. The van der Waals surface area contributed by atoms with Gasteiger partial charge < -0.3 is 9.72 Å². The van der Waals surface area contributed by atoms with Crippen molar-refractivity contribution in [3.8, 4) is 0 Å². The fourth-order valence-corrected chi connectivity index (χ4v) is 1.36. The average Bonchev–Trinajstić information content (AvgIpc) is 2.47. The summed E-state index contributed by atoms with van der Waals surface area (Å²) in [6.45, 7) is 4.71. The number of aromatic amines is 1. The molecule has 0 aromatic carbocycles. The summed E-state index contributed by atoms with van der Waals surface area (Å²) in [5.41, 5.74) is -0.0734. The standard InChI is InChI=1S/C9H16N2O2/c1-7(2)8(6-13-3)11-5-4-10-9(11)12/h4-5,7-8H,6H2,1-3H3,(H,10,12). The van der Waals surface area contributed by atoms with Gasteiger partial charge in [-0.3, -0.25) is 4.57 Å². The number of ether oxygens (including phenoxy) is 1. The maximum atomic E-state index is 11.3. The van der Waals surface area contributed by atoms with Crippen LogP contribution in [-0.2, 0) is 4.74 Å². The molecule has 1 N–H and O–H groups in total. The largest absolute Gasteiger partial charge is 0.383 e. The van der Waals surface area contributed by atoms with E-state index in [1.165, 1.54) is 0 Å². The molecule has 1 unspecified atom stereocenters. The van der Waals surface area contributed by atoms with E-state index in [4.69, 9.17) is 4.74 Å². The maximum absolute atomic E-state index is 11.3. The van der Waals surface area contributed by atoms with Crippen molar-refractivity contribution in [1.82, 2.24) is 9.55 Å². The summed E-state index contributed by atoms with van der Waals surface area (Å²) in [7, 11) is 1.65. The fraction of sp³-hybridized carbons (Fsp3) is 0.667. The number of rotatable bonds is 4. The summed E-state index contributed by atoms with van der Waals surface area (Å²) in [5.74, 6) is 0.383. The summed E-state index contributed by atoms with van der Waals surface area (Å²) in [5, 5.41) is 0. The number of methoxy groups -OCH3 is 1. The molecule has 0 aliphatic rings. The Hall–Kier alpha value is -1.03. The van der Waals surface area contributed by atoms with Crippen LogP contribution in [0.1, 0.15) is 19.9 Å². The van der Waals surface area contributed by atoms with Gasteiger partial charge in [-0.15, -0.1) is 0 Å². The predicted molar refractivity (Wildman–Crippen MR) is 50.8 cm³/mol. The van der Waals surface area contributed by atoms with Gasteiger partial charge >= 0.3 is 5.69 Å². The van der Waals surface area contributed by atoms with Gasteiger partial charge in [0.15, 0.2) is 0 Å². The van der Waals surface area contributed by atoms with Crippen LogP contribution in [0.4, 0.5) is 0 Å². The minimum Gasteiger partial charge on any atom is -0.383 e. The first-order valence-corrected chi connectivity index (χ1v) is 4.41. The second-order valence-electron chi connectivity index (χ2n) is 3.44. The van der Waals surface area contributed by atoms with E-state index in [0.717, 1.165) is 0 Å². The zero-order chi connectivity index (χ0) is 9.84. The van der Waals surface area contributed by atoms with Gasteiger partial charge in [0.05, 0.1) is 12.6 Å². The van der Waals surface area contributed by atoms with E-state index in [2.05, 4.69) is 18.8 Å². The van der Waals surface area contributed by atoms with Crippen LogP contribution in [0.25, 0.3) is 0 Å². The molecule has 0 radical (unpaired) electrons. The van der Waals surface area contributed by atoms with Crippen molar-refractivity contribution in [2.45, 2.75) is 19.9 Å². The average molecular weight is 184 g/mol. The Morgan fingerprint density at radius 1 is 1.62 bits per heavy atom. The zero-order valence-corrected chi connectivity index (χ0v) is 8.28. The third-order valence-electron chi connectivity index (χ3n) is 2.14. The molecule has 0 saturated heterocycles. The molecule has 1 heterocycles. The Labute approximate surface area is 77.5 Å². The molecule has 0 aliphatic carbocycles. The highest BCUT2D eigenvalue weighted by Crippen LogP contribution is 2.15. The Bertz CT molecular complexity index is 301. The van der Waals surface area contributed by atoms with Crippen LogP contribution in [-0.4, -0.2) is 23.3 Å². The van der Waals surface area contributed by atoms with Crippen LogP contribution in [0.2, 0.25) is 0 Å². The van der Waals surface area contributed by atoms with Gasteiger partial charge in [-0.25, -0.2) is 4.79 Å². The summed E-state index contributed by atoms with van der Waals surface area (Å²) >= 11 is 0. The number of hydrogen-bond donors (Lipinski definition) is 1. The van der Waals surface area contributed by atoms with Crippen LogP contribution in [0.5, 0.6) is 0 Å². The van der Waals surface area contributed by atoms with E-state index < -0.39 is 0 Å². The van der Waals surface area contributed by atoms with Crippen molar-refractivity contribution in [2.75, 3.05) is 13.7 Å². The molecule has 0 amide bonds. The Morgan fingerprint density at radius 3 is 2.69 bits per heavy atom. The monoisotopic (exact) mass is 184 g/mol. The molecule has 4 nitrogen and oxygen atoms in total. The van der Waals surface area contributed by atoms with Crippen LogP contribution in [0.3, 0.4) is 0 Å². The van der Waals surface area contributed by atoms with Crippen LogP contribution in [0.15, 0.2) is 17.2 Å². The predicted octanol–water partition coefficient (Wildman–Crippen LogP) is 1.02. The second-order valence-corrected chi connectivity index (χ2v) is 3.44. The lowest BCUT2D eigenvalue weighted by molar-refractivity contribution is 0.131. The molecule has 0 saturated carbocycles. The second kappa shape index (κ2) is 4.28. The number of nitrogens with zero attached hydrogens (tertiary/aromatic N) is 1.